The zero-order valence-corrected chi connectivity index (χ0v) is 13.7. The van der Waals surface area contributed by atoms with Crippen LogP contribution in [0.4, 0.5) is 0 Å². The first-order valence-corrected chi connectivity index (χ1v) is 8.28. The van der Waals surface area contributed by atoms with Crippen molar-refractivity contribution in [1.29, 1.82) is 0 Å². The number of aryl methyl sites for hydroxylation is 2. The lowest BCUT2D eigenvalue weighted by atomic mass is 9.94. The Morgan fingerprint density at radius 1 is 1.28 bits per heavy atom. The van der Waals surface area contributed by atoms with Crippen LogP contribution in [0.1, 0.15) is 53.3 Å². The summed E-state index contributed by atoms with van der Waals surface area (Å²) in [7, 11) is 0. The molecule has 7 heteroatoms. The van der Waals surface area contributed by atoms with Crippen molar-refractivity contribution in [2.75, 3.05) is 0 Å². The molecule has 0 spiro atoms. The summed E-state index contributed by atoms with van der Waals surface area (Å²) in [5.74, 6) is 1.03. The molecule has 0 fully saturated rings. The van der Waals surface area contributed by atoms with Crippen molar-refractivity contribution in [3.63, 3.8) is 0 Å². The number of Topliss-reactive ketones (excluding diaryl/α,β-unsaturated/α-hetero) is 1. The van der Waals surface area contributed by atoms with Crippen molar-refractivity contribution in [3.8, 4) is 17.3 Å². The van der Waals surface area contributed by atoms with Gasteiger partial charge in [-0.3, -0.25) is 4.79 Å². The Bertz CT molecular complexity index is 928. The molecule has 0 saturated heterocycles. The molecule has 0 unspecified atom stereocenters. The predicted octanol–water partition coefficient (Wildman–Crippen LogP) is 3.30. The standard InChI is InChI=1S/C18H17N3O4/c1-2-17-19-18(21-25-17)12-5-6-13-10(7-12)3-4-11(13)8-14(22)15-9-16(23)20-24-15/h5-7,9,11H,2-4,8H2,1H3,(H,20,23)/t11-/m0/s1. The van der Waals surface area contributed by atoms with Crippen molar-refractivity contribution in [2.45, 2.75) is 38.5 Å². The van der Waals surface area contributed by atoms with E-state index in [4.69, 9.17) is 9.05 Å². The molecule has 4 rings (SSSR count). The van der Waals surface area contributed by atoms with Crippen molar-refractivity contribution >= 4 is 5.78 Å². The van der Waals surface area contributed by atoms with Crippen LogP contribution in [0.15, 0.2) is 33.3 Å². The smallest absolute Gasteiger partial charge is 0.252 e. The number of carbonyl (C=O) groups excluding carboxylic acids is 1. The van der Waals surface area contributed by atoms with Gasteiger partial charge in [-0.1, -0.05) is 24.2 Å². The zero-order chi connectivity index (χ0) is 17.4. The van der Waals surface area contributed by atoms with Gasteiger partial charge in [-0.2, -0.15) is 4.98 Å². The number of nitrogens with zero attached hydrogens (tertiary/aromatic N) is 3. The quantitative estimate of drug-likeness (QED) is 0.711. The third-order valence-electron chi connectivity index (χ3n) is 4.58. The summed E-state index contributed by atoms with van der Waals surface area (Å²) in [5.41, 5.74) is 3.30. The second-order valence-electron chi connectivity index (χ2n) is 6.19. The molecule has 128 valence electrons. The molecule has 1 aromatic carbocycles. The summed E-state index contributed by atoms with van der Waals surface area (Å²) in [6.07, 6.45) is 2.85. The Morgan fingerprint density at radius 3 is 2.88 bits per heavy atom. The molecule has 2 heterocycles. The Morgan fingerprint density at radius 2 is 2.16 bits per heavy atom. The summed E-state index contributed by atoms with van der Waals surface area (Å²) in [6, 6.07) is 7.33. The van der Waals surface area contributed by atoms with Crippen LogP contribution >= 0.6 is 0 Å². The second kappa shape index (κ2) is 6.16. The van der Waals surface area contributed by atoms with E-state index in [-0.39, 0.29) is 23.3 Å². The van der Waals surface area contributed by atoms with Crippen LogP contribution in [0.25, 0.3) is 11.4 Å². The largest absolute Gasteiger partial charge is 0.491 e. The Kier molecular flexibility index (Phi) is 3.83. The third-order valence-corrected chi connectivity index (χ3v) is 4.58. The molecule has 2 aromatic heterocycles. The summed E-state index contributed by atoms with van der Waals surface area (Å²) in [5, 5.41) is 16.6. The van der Waals surface area contributed by atoms with Crippen LogP contribution in [0.3, 0.4) is 0 Å². The van der Waals surface area contributed by atoms with Gasteiger partial charge in [-0.25, -0.2) is 0 Å². The lowest BCUT2D eigenvalue weighted by Gasteiger charge is -2.09. The van der Waals surface area contributed by atoms with Crippen LogP contribution in [0, 0.1) is 0 Å². The average Bonchev–Trinajstić information content (AvgIpc) is 3.34. The Labute approximate surface area is 143 Å². The highest BCUT2D eigenvalue weighted by Crippen LogP contribution is 2.38. The van der Waals surface area contributed by atoms with E-state index in [1.54, 1.807) is 0 Å². The molecule has 0 radical (unpaired) electrons. The highest BCUT2D eigenvalue weighted by atomic mass is 16.5. The number of hydrogen-bond acceptors (Lipinski definition) is 7. The molecule has 0 bridgehead atoms. The van der Waals surface area contributed by atoms with Crippen LogP contribution in [0.5, 0.6) is 5.88 Å². The molecule has 1 aliphatic rings. The van der Waals surface area contributed by atoms with Gasteiger partial charge < -0.3 is 14.2 Å². The summed E-state index contributed by atoms with van der Waals surface area (Å²) in [6.45, 7) is 1.97. The molecule has 1 aliphatic carbocycles. The fourth-order valence-electron chi connectivity index (χ4n) is 3.29. The number of carbonyl (C=O) groups is 1. The fourth-order valence-corrected chi connectivity index (χ4v) is 3.29. The summed E-state index contributed by atoms with van der Waals surface area (Å²) in [4.78, 5) is 16.6. The van der Waals surface area contributed by atoms with Gasteiger partial charge in [0.1, 0.15) is 0 Å². The van der Waals surface area contributed by atoms with E-state index in [1.165, 1.54) is 17.2 Å². The molecule has 25 heavy (non-hydrogen) atoms. The van der Waals surface area contributed by atoms with Crippen LogP contribution < -0.4 is 0 Å². The second-order valence-corrected chi connectivity index (χ2v) is 6.19. The van der Waals surface area contributed by atoms with Gasteiger partial charge >= 0.3 is 0 Å². The molecular weight excluding hydrogens is 322 g/mol. The van der Waals surface area contributed by atoms with E-state index >= 15 is 0 Å². The maximum atomic E-state index is 12.3. The van der Waals surface area contributed by atoms with E-state index in [2.05, 4.69) is 21.4 Å². The normalized spacial score (nSPS) is 16.1. The van der Waals surface area contributed by atoms with Crippen LogP contribution in [-0.4, -0.2) is 26.2 Å². The third kappa shape index (κ3) is 2.93. The van der Waals surface area contributed by atoms with E-state index in [0.29, 0.717) is 24.6 Å². The van der Waals surface area contributed by atoms with Crippen molar-refractivity contribution in [2.24, 2.45) is 0 Å². The molecule has 0 aliphatic heterocycles. The molecule has 0 saturated carbocycles. The van der Waals surface area contributed by atoms with Gasteiger partial charge in [0.2, 0.25) is 23.3 Å². The SMILES string of the molecule is CCc1nc(-c2ccc3c(c2)CC[C@H]3CC(=O)c2cc(O)no2)no1. The minimum Gasteiger partial charge on any atom is -0.491 e. The van der Waals surface area contributed by atoms with Gasteiger partial charge in [-0.05, 0) is 41.1 Å². The van der Waals surface area contributed by atoms with Crippen molar-refractivity contribution in [3.05, 3.63) is 47.0 Å². The Hall–Kier alpha value is -2.96. The van der Waals surface area contributed by atoms with Gasteiger partial charge in [0.05, 0.1) is 6.07 Å². The van der Waals surface area contributed by atoms with Gasteiger partial charge in [0.15, 0.2) is 0 Å². The maximum Gasteiger partial charge on any atom is 0.252 e. The van der Waals surface area contributed by atoms with Crippen LogP contribution in [0.2, 0.25) is 0 Å². The highest BCUT2D eigenvalue weighted by molar-refractivity contribution is 5.94. The molecule has 0 amide bonds. The van der Waals surface area contributed by atoms with E-state index in [0.717, 1.165) is 18.4 Å². The molecule has 1 N–H and O–H groups in total. The molecular formula is C18H17N3O4. The number of fused-ring (bicyclic) bond motifs is 1. The van der Waals surface area contributed by atoms with Gasteiger partial charge in [-0.15, -0.1) is 0 Å². The van der Waals surface area contributed by atoms with Gasteiger partial charge in [0, 0.05) is 18.4 Å². The molecule has 1 atom stereocenters. The number of aromatic nitrogens is 3. The van der Waals surface area contributed by atoms with Gasteiger partial charge in [0.25, 0.3) is 5.88 Å². The average molecular weight is 339 g/mol. The fraction of sp³-hybridized carbons (Fsp3) is 0.333. The number of hydrogen-bond donors (Lipinski definition) is 1. The van der Waals surface area contributed by atoms with E-state index < -0.39 is 0 Å². The zero-order valence-electron chi connectivity index (χ0n) is 13.7. The first-order chi connectivity index (χ1) is 12.1. The predicted molar refractivity (Wildman–Crippen MR) is 87.3 cm³/mol. The topological polar surface area (TPSA) is 102 Å². The minimum atomic E-state index is -0.272. The monoisotopic (exact) mass is 339 g/mol. The summed E-state index contributed by atoms with van der Waals surface area (Å²) < 4.78 is 10.0. The summed E-state index contributed by atoms with van der Waals surface area (Å²) >= 11 is 0. The lowest BCUT2D eigenvalue weighted by molar-refractivity contribution is 0.0937. The molecule has 3 aromatic rings. The highest BCUT2D eigenvalue weighted by Gasteiger charge is 2.27. The maximum absolute atomic E-state index is 12.3. The van der Waals surface area contributed by atoms with Crippen LogP contribution in [-0.2, 0) is 12.8 Å². The first kappa shape index (κ1) is 15.6. The minimum absolute atomic E-state index is 0.0986. The van der Waals surface area contributed by atoms with Crippen molar-refractivity contribution < 1.29 is 18.9 Å². The first-order valence-electron chi connectivity index (χ1n) is 8.28. The number of ketones is 1. The lowest BCUT2D eigenvalue weighted by Crippen LogP contribution is -2.04. The number of rotatable bonds is 5. The number of aromatic hydroxyl groups is 1. The number of benzene rings is 1. The van der Waals surface area contributed by atoms with Crippen molar-refractivity contribution in [1.82, 2.24) is 15.3 Å². The Balaban J connectivity index is 1.54. The van der Waals surface area contributed by atoms with E-state index in [9.17, 15) is 9.90 Å². The molecule has 7 nitrogen and oxygen atoms in total. The van der Waals surface area contributed by atoms with E-state index in [1.807, 2.05) is 19.1 Å².